The summed E-state index contributed by atoms with van der Waals surface area (Å²) in [6, 6.07) is 0. The van der Waals surface area contributed by atoms with Crippen molar-refractivity contribution >= 4 is 11.9 Å². The largest absolute Gasteiger partial charge is 0.481 e. The van der Waals surface area contributed by atoms with Gasteiger partial charge in [0.15, 0.2) is 0 Å². The Labute approximate surface area is 115 Å². The Bertz CT molecular complexity index is 322. The predicted molar refractivity (Wildman–Crippen MR) is 72.7 cm³/mol. The molecule has 0 heterocycles. The second-order valence-electron chi connectivity index (χ2n) is 6.58. The SMILES string of the molecule is CC(CCOC(=O)CC(=O)O)C1CCCC(C)(C)C1. The van der Waals surface area contributed by atoms with Crippen molar-refractivity contribution in [3.8, 4) is 0 Å². The molecule has 1 N–H and O–H groups in total. The van der Waals surface area contributed by atoms with Crippen LogP contribution in [0.5, 0.6) is 0 Å². The molecule has 0 aromatic rings. The normalized spacial score (nSPS) is 23.6. The summed E-state index contributed by atoms with van der Waals surface area (Å²) in [6.45, 7) is 7.18. The van der Waals surface area contributed by atoms with Crippen LogP contribution in [0.3, 0.4) is 0 Å². The van der Waals surface area contributed by atoms with Crippen molar-refractivity contribution in [2.45, 2.75) is 59.3 Å². The van der Waals surface area contributed by atoms with Crippen molar-refractivity contribution in [2.24, 2.45) is 17.3 Å². The molecular weight excluding hydrogens is 244 g/mol. The Morgan fingerprint density at radius 1 is 1.42 bits per heavy atom. The summed E-state index contributed by atoms with van der Waals surface area (Å²) in [5.41, 5.74) is 0.428. The van der Waals surface area contributed by atoms with Crippen LogP contribution in [0.4, 0.5) is 0 Å². The lowest BCUT2D eigenvalue weighted by Gasteiger charge is -2.38. The summed E-state index contributed by atoms with van der Waals surface area (Å²) >= 11 is 0. The Morgan fingerprint density at radius 3 is 2.68 bits per heavy atom. The second kappa shape index (κ2) is 6.92. The van der Waals surface area contributed by atoms with Gasteiger partial charge < -0.3 is 9.84 Å². The van der Waals surface area contributed by atoms with Crippen molar-refractivity contribution in [2.75, 3.05) is 6.61 Å². The number of hydrogen-bond donors (Lipinski definition) is 1. The average Bonchev–Trinajstić information content (AvgIpc) is 2.26. The van der Waals surface area contributed by atoms with Gasteiger partial charge in [-0.05, 0) is 36.5 Å². The summed E-state index contributed by atoms with van der Waals surface area (Å²) in [6.07, 6.45) is 5.35. The molecular formula is C15H26O4. The number of carboxylic acid groups (broad SMARTS) is 1. The van der Waals surface area contributed by atoms with Gasteiger partial charge in [-0.15, -0.1) is 0 Å². The number of aliphatic carboxylic acids is 1. The van der Waals surface area contributed by atoms with Crippen LogP contribution in [0.2, 0.25) is 0 Å². The van der Waals surface area contributed by atoms with Crippen LogP contribution >= 0.6 is 0 Å². The summed E-state index contributed by atoms with van der Waals surface area (Å²) in [5.74, 6) is -0.546. The second-order valence-corrected chi connectivity index (χ2v) is 6.58. The minimum absolute atomic E-state index is 0.338. The first-order valence-electron chi connectivity index (χ1n) is 7.17. The van der Waals surface area contributed by atoms with Crippen molar-refractivity contribution in [3.63, 3.8) is 0 Å². The first kappa shape index (κ1) is 16.0. The molecule has 0 aromatic heterocycles. The van der Waals surface area contributed by atoms with Crippen molar-refractivity contribution < 1.29 is 19.4 Å². The highest BCUT2D eigenvalue weighted by Gasteiger charge is 2.30. The van der Waals surface area contributed by atoms with E-state index < -0.39 is 18.4 Å². The van der Waals surface area contributed by atoms with Gasteiger partial charge in [-0.1, -0.05) is 33.6 Å². The van der Waals surface area contributed by atoms with Gasteiger partial charge in [-0.2, -0.15) is 0 Å². The molecule has 4 nitrogen and oxygen atoms in total. The van der Waals surface area contributed by atoms with Crippen molar-refractivity contribution in [1.29, 1.82) is 0 Å². The van der Waals surface area contributed by atoms with Gasteiger partial charge in [-0.25, -0.2) is 0 Å². The van der Waals surface area contributed by atoms with Gasteiger partial charge >= 0.3 is 11.9 Å². The maximum absolute atomic E-state index is 11.1. The quantitative estimate of drug-likeness (QED) is 0.594. The third-order valence-electron chi connectivity index (χ3n) is 4.18. The van der Waals surface area contributed by atoms with Crippen LogP contribution in [0.1, 0.15) is 59.3 Å². The highest BCUT2D eigenvalue weighted by atomic mass is 16.5. The molecule has 4 heteroatoms. The van der Waals surface area contributed by atoms with Crippen LogP contribution in [-0.4, -0.2) is 23.7 Å². The maximum Gasteiger partial charge on any atom is 0.317 e. The third kappa shape index (κ3) is 6.08. The van der Waals surface area contributed by atoms with Gasteiger partial charge in [0.1, 0.15) is 6.42 Å². The van der Waals surface area contributed by atoms with Gasteiger partial charge in [0.2, 0.25) is 0 Å². The van der Waals surface area contributed by atoms with Gasteiger partial charge in [0, 0.05) is 0 Å². The van der Waals surface area contributed by atoms with E-state index in [0.717, 1.165) is 6.42 Å². The molecule has 0 saturated heterocycles. The average molecular weight is 270 g/mol. The van der Waals surface area contributed by atoms with E-state index in [4.69, 9.17) is 9.84 Å². The summed E-state index contributed by atoms with van der Waals surface area (Å²) in [4.78, 5) is 21.4. The van der Waals surface area contributed by atoms with Crippen LogP contribution in [-0.2, 0) is 14.3 Å². The van der Waals surface area contributed by atoms with Gasteiger partial charge in [-0.3, -0.25) is 9.59 Å². The standard InChI is InChI=1S/C15H26O4/c1-11(6-8-19-14(18)9-13(16)17)12-5-4-7-15(2,3)10-12/h11-12H,4-10H2,1-3H3,(H,16,17). The Balaban J connectivity index is 2.25. The molecule has 0 aliphatic heterocycles. The topological polar surface area (TPSA) is 63.6 Å². The molecule has 1 rings (SSSR count). The zero-order valence-corrected chi connectivity index (χ0v) is 12.3. The molecule has 110 valence electrons. The number of esters is 1. The lowest BCUT2D eigenvalue weighted by Crippen LogP contribution is -2.27. The fourth-order valence-corrected chi connectivity index (χ4v) is 3.01. The number of carboxylic acids is 1. The Kier molecular flexibility index (Phi) is 5.83. The molecule has 2 unspecified atom stereocenters. The summed E-state index contributed by atoms with van der Waals surface area (Å²) in [5, 5.41) is 8.45. The Hall–Kier alpha value is -1.06. The highest BCUT2D eigenvalue weighted by Crippen LogP contribution is 2.42. The van der Waals surface area contributed by atoms with E-state index in [0.29, 0.717) is 23.9 Å². The zero-order valence-electron chi connectivity index (χ0n) is 12.3. The fourth-order valence-electron chi connectivity index (χ4n) is 3.01. The molecule has 2 atom stereocenters. The van der Waals surface area contributed by atoms with Crippen LogP contribution < -0.4 is 0 Å². The van der Waals surface area contributed by atoms with Crippen molar-refractivity contribution in [1.82, 2.24) is 0 Å². The van der Waals surface area contributed by atoms with E-state index >= 15 is 0 Å². The summed E-state index contributed by atoms with van der Waals surface area (Å²) in [7, 11) is 0. The number of carbonyl (C=O) groups excluding carboxylic acids is 1. The molecule has 0 bridgehead atoms. The molecule has 0 spiro atoms. The fraction of sp³-hybridized carbons (Fsp3) is 0.867. The molecule has 0 aromatic carbocycles. The Morgan fingerprint density at radius 2 is 2.11 bits per heavy atom. The molecule has 1 saturated carbocycles. The monoisotopic (exact) mass is 270 g/mol. The van der Waals surface area contributed by atoms with Gasteiger partial charge in [0.25, 0.3) is 0 Å². The lowest BCUT2D eigenvalue weighted by atomic mass is 9.68. The maximum atomic E-state index is 11.1. The molecule has 19 heavy (non-hydrogen) atoms. The van der Waals surface area contributed by atoms with Gasteiger partial charge in [0.05, 0.1) is 6.61 Å². The number of hydrogen-bond acceptors (Lipinski definition) is 3. The van der Waals surface area contributed by atoms with E-state index in [1.807, 2.05) is 0 Å². The van der Waals surface area contributed by atoms with Crippen molar-refractivity contribution in [3.05, 3.63) is 0 Å². The zero-order chi connectivity index (χ0) is 14.5. The van der Waals surface area contributed by atoms with E-state index in [9.17, 15) is 9.59 Å². The first-order chi connectivity index (χ1) is 8.80. The third-order valence-corrected chi connectivity index (χ3v) is 4.18. The molecule has 1 aliphatic carbocycles. The number of carbonyl (C=O) groups is 2. The predicted octanol–water partition coefficient (Wildman–Crippen LogP) is 3.25. The van der Waals surface area contributed by atoms with Crippen LogP contribution in [0.25, 0.3) is 0 Å². The summed E-state index contributed by atoms with van der Waals surface area (Å²) < 4.78 is 4.95. The lowest BCUT2D eigenvalue weighted by molar-refractivity contribution is -0.151. The minimum atomic E-state index is -1.13. The molecule has 0 radical (unpaired) electrons. The van der Waals surface area contributed by atoms with Crippen LogP contribution in [0.15, 0.2) is 0 Å². The number of ether oxygens (including phenoxy) is 1. The number of rotatable bonds is 6. The minimum Gasteiger partial charge on any atom is -0.481 e. The molecule has 0 amide bonds. The van der Waals surface area contributed by atoms with E-state index in [-0.39, 0.29) is 0 Å². The first-order valence-corrected chi connectivity index (χ1v) is 7.17. The van der Waals surface area contributed by atoms with Crippen LogP contribution in [0, 0.1) is 17.3 Å². The van der Waals surface area contributed by atoms with E-state index in [2.05, 4.69) is 20.8 Å². The highest BCUT2D eigenvalue weighted by molar-refractivity contribution is 5.90. The molecule has 1 aliphatic rings. The molecule has 1 fully saturated rings. The smallest absolute Gasteiger partial charge is 0.317 e. The van der Waals surface area contributed by atoms with E-state index in [1.54, 1.807) is 0 Å². The van der Waals surface area contributed by atoms with E-state index in [1.165, 1.54) is 25.7 Å².